The molecule has 0 saturated carbocycles. The summed E-state index contributed by atoms with van der Waals surface area (Å²) in [5.74, 6) is 1.86. The van der Waals surface area contributed by atoms with E-state index in [0.717, 1.165) is 26.6 Å². The summed E-state index contributed by atoms with van der Waals surface area (Å²) in [6.45, 7) is 0.455. The molecule has 0 aliphatic carbocycles. The molecule has 1 heterocycles. The van der Waals surface area contributed by atoms with Crippen LogP contribution in [0.5, 0.6) is 11.5 Å². The van der Waals surface area contributed by atoms with Gasteiger partial charge in [0, 0.05) is 0 Å². The zero-order valence-electron chi connectivity index (χ0n) is 15.7. The monoisotopic (exact) mass is 450 g/mol. The smallest absolute Gasteiger partial charge is 0.222 e. The maximum Gasteiger partial charge on any atom is 0.222 e. The van der Waals surface area contributed by atoms with Crippen LogP contribution in [0.15, 0.2) is 76.3 Å². The van der Waals surface area contributed by atoms with Crippen molar-refractivity contribution in [3.63, 3.8) is 0 Å². The Kier molecular flexibility index (Phi) is 5.76. The highest BCUT2D eigenvalue weighted by molar-refractivity contribution is 9.10. The second-order valence-corrected chi connectivity index (χ2v) is 7.14. The van der Waals surface area contributed by atoms with E-state index >= 15 is 0 Å². The van der Waals surface area contributed by atoms with Gasteiger partial charge in [-0.2, -0.15) is 5.10 Å². The number of hydrogen-bond donors (Lipinski definition) is 2. The molecule has 0 bridgehead atoms. The van der Waals surface area contributed by atoms with Gasteiger partial charge in [-0.05, 0) is 51.3 Å². The third kappa shape index (κ3) is 4.57. The summed E-state index contributed by atoms with van der Waals surface area (Å²) in [4.78, 5) is 7.60. The van der Waals surface area contributed by atoms with Crippen LogP contribution in [0.3, 0.4) is 0 Å². The molecule has 0 amide bonds. The number of anilines is 1. The van der Waals surface area contributed by atoms with Gasteiger partial charge in [-0.1, -0.05) is 42.5 Å². The molecule has 2 N–H and O–H groups in total. The van der Waals surface area contributed by atoms with Crippen LogP contribution in [0.4, 0.5) is 5.95 Å². The van der Waals surface area contributed by atoms with Crippen molar-refractivity contribution in [2.75, 3.05) is 12.5 Å². The Hall–Kier alpha value is -3.32. The van der Waals surface area contributed by atoms with Crippen molar-refractivity contribution >= 4 is 39.1 Å². The first-order valence-corrected chi connectivity index (χ1v) is 9.80. The average molecular weight is 451 g/mol. The van der Waals surface area contributed by atoms with Crippen LogP contribution in [-0.4, -0.2) is 23.3 Å². The number of hydrogen-bond acceptors (Lipinski definition) is 5. The average Bonchev–Trinajstić information content (AvgIpc) is 3.16. The fraction of sp³-hybridized carbons (Fsp3) is 0.0909. The molecule has 0 spiro atoms. The fourth-order valence-corrected chi connectivity index (χ4v) is 3.43. The fourth-order valence-electron chi connectivity index (χ4n) is 2.86. The second kappa shape index (κ2) is 8.79. The van der Waals surface area contributed by atoms with Crippen LogP contribution in [-0.2, 0) is 6.61 Å². The summed E-state index contributed by atoms with van der Waals surface area (Å²) >= 11 is 3.57. The topological polar surface area (TPSA) is 71.5 Å². The van der Waals surface area contributed by atoms with E-state index in [1.165, 1.54) is 0 Å². The molecule has 0 unspecified atom stereocenters. The molecule has 7 heteroatoms. The second-order valence-electron chi connectivity index (χ2n) is 6.28. The number of aromatic nitrogens is 2. The van der Waals surface area contributed by atoms with Gasteiger partial charge >= 0.3 is 0 Å². The Balaban J connectivity index is 1.47. The van der Waals surface area contributed by atoms with Gasteiger partial charge < -0.3 is 14.5 Å². The molecular formula is C22H19BrN4O2. The predicted octanol–water partition coefficient (Wildman–Crippen LogP) is 5.36. The van der Waals surface area contributed by atoms with Crippen molar-refractivity contribution < 1.29 is 9.47 Å². The van der Waals surface area contributed by atoms with Crippen LogP contribution in [0.2, 0.25) is 0 Å². The van der Waals surface area contributed by atoms with Gasteiger partial charge in [-0.25, -0.2) is 10.4 Å². The Bertz CT molecular complexity index is 1110. The molecule has 0 aliphatic rings. The maximum absolute atomic E-state index is 5.96. The number of rotatable bonds is 7. The van der Waals surface area contributed by atoms with E-state index in [1.807, 2.05) is 66.7 Å². The number of fused-ring (bicyclic) bond motifs is 1. The number of nitrogens with one attached hydrogen (secondary N) is 2. The number of H-pyrrole nitrogens is 1. The van der Waals surface area contributed by atoms with E-state index in [1.54, 1.807) is 13.3 Å². The first-order valence-electron chi connectivity index (χ1n) is 9.01. The zero-order chi connectivity index (χ0) is 20.1. The molecule has 0 fully saturated rings. The molecule has 4 rings (SSSR count). The molecule has 1 aromatic heterocycles. The van der Waals surface area contributed by atoms with E-state index in [4.69, 9.17) is 9.47 Å². The van der Waals surface area contributed by atoms with Gasteiger partial charge in [0.25, 0.3) is 0 Å². The molecule has 0 saturated heterocycles. The number of aromatic amines is 1. The molecule has 0 radical (unpaired) electrons. The number of para-hydroxylation sites is 2. The van der Waals surface area contributed by atoms with Crippen LogP contribution in [0, 0.1) is 0 Å². The number of nitrogens with zero attached hydrogens (tertiary/aromatic N) is 2. The van der Waals surface area contributed by atoms with Crippen molar-refractivity contribution in [1.82, 2.24) is 9.97 Å². The molecule has 29 heavy (non-hydrogen) atoms. The van der Waals surface area contributed by atoms with Crippen LogP contribution in [0.25, 0.3) is 11.0 Å². The number of imidazole rings is 1. The minimum Gasteiger partial charge on any atom is -0.493 e. The van der Waals surface area contributed by atoms with Gasteiger partial charge in [0.2, 0.25) is 5.95 Å². The Morgan fingerprint density at radius 2 is 1.90 bits per heavy atom. The molecule has 0 atom stereocenters. The van der Waals surface area contributed by atoms with E-state index in [0.29, 0.717) is 24.1 Å². The lowest BCUT2D eigenvalue weighted by molar-refractivity contribution is 0.282. The van der Waals surface area contributed by atoms with Crippen LogP contribution >= 0.6 is 15.9 Å². The lowest BCUT2D eigenvalue weighted by Crippen LogP contribution is -2.00. The third-order valence-corrected chi connectivity index (χ3v) is 4.84. The van der Waals surface area contributed by atoms with Gasteiger partial charge in [0.05, 0.1) is 28.8 Å². The standard InChI is InChI=1S/C22H19BrN4O2/c1-28-20-12-16(11-17(23)21(20)29-14-15-7-3-2-4-8-15)13-24-27-22-25-18-9-5-6-10-19(18)26-22/h2-13H,14H2,1H3,(H2,25,26,27)/b24-13-. The largest absolute Gasteiger partial charge is 0.493 e. The van der Waals surface area contributed by atoms with Crippen molar-refractivity contribution in [3.8, 4) is 11.5 Å². The number of halogens is 1. The van der Waals surface area contributed by atoms with Gasteiger partial charge in [0.1, 0.15) is 6.61 Å². The van der Waals surface area contributed by atoms with Crippen molar-refractivity contribution in [1.29, 1.82) is 0 Å². The molecule has 146 valence electrons. The number of benzene rings is 3. The van der Waals surface area contributed by atoms with Gasteiger partial charge in [0.15, 0.2) is 11.5 Å². The first kappa shape index (κ1) is 19.0. The Morgan fingerprint density at radius 3 is 2.69 bits per heavy atom. The first-order chi connectivity index (χ1) is 14.2. The lowest BCUT2D eigenvalue weighted by Gasteiger charge is -2.13. The Morgan fingerprint density at radius 1 is 1.10 bits per heavy atom. The lowest BCUT2D eigenvalue weighted by atomic mass is 10.2. The van der Waals surface area contributed by atoms with E-state index < -0.39 is 0 Å². The quantitative estimate of drug-likeness (QED) is 0.293. The summed E-state index contributed by atoms with van der Waals surface area (Å²) in [5.41, 5.74) is 6.69. The van der Waals surface area contributed by atoms with Gasteiger partial charge in [-0.3, -0.25) is 0 Å². The molecule has 0 aliphatic heterocycles. The van der Waals surface area contributed by atoms with Crippen molar-refractivity contribution in [2.45, 2.75) is 6.61 Å². The van der Waals surface area contributed by atoms with Crippen molar-refractivity contribution in [3.05, 3.63) is 82.3 Å². The summed E-state index contributed by atoms with van der Waals surface area (Å²) in [6, 6.07) is 21.6. The van der Waals surface area contributed by atoms with Gasteiger partial charge in [-0.15, -0.1) is 0 Å². The zero-order valence-corrected chi connectivity index (χ0v) is 17.3. The van der Waals surface area contributed by atoms with Crippen molar-refractivity contribution in [2.24, 2.45) is 5.10 Å². The minimum absolute atomic E-state index is 0.455. The summed E-state index contributed by atoms with van der Waals surface area (Å²) < 4.78 is 12.3. The number of hydrazone groups is 1. The highest BCUT2D eigenvalue weighted by Crippen LogP contribution is 2.36. The highest BCUT2D eigenvalue weighted by Gasteiger charge is 2.11. The summed E-state index contributed by atoms with van der Waals surface area (Å²) in [5, 5.41) is 4.26. The molecular weight excluding hydrogens is 432 g/mol. The maximum atomic E-state index is 5.96. The van der Waals surface area contributed by atoms with Crippen LogP contribution in [0.1, 0.15) is 11.1 Å². The molecule has 3 aromatic carbocycles. The van der Waals surface area contributed by atoms with E-state index in [9.17, 15) is 0 Å². The SMILES string of the molecule is COc1cc(/C=N\Nc2nc3ccccc3[nH]2)cc(Br)c1OCc1ccccc1. The van der Waals surface area contributed by atoms with Crippen LogP contribution < -0.4 is 14.9 Å². The number of methoxy groups -OCH3 is 1. The summed E-state index contributed by atoms with van der Waals surface area (Å²) in [7, 11) is 1.62. The molecule has 4 aromatic rings. The predicted molar refractivity (Wildman–Crippen MR) is 119 cm³/mol. The van der Waals surface area contributed by atoms with E-state index in [2.05, 4.69) is 36.4 Å². The normalized spacial score (nSPS) is 11.1. The summed E-state index contributed by atoms with van der Waals surface area (Å²) in [6.07, 6.45) is 1.70. The highest BCUT2D eigenvalue weighted by atomic mass is 79.9. The third-order valence-electron chi connectivity index (χ3n) is 4.25. The minimum atomic E-state index is 0.455. The Labute approximate surface area is 176 Å². The van der Waals surface area contributed by atoms with E-state index in [-0.39, 0.29) is 0 Å². The number of ether oxygens (including phenoxy) is 2. The molecule has 6 nitrogen and oxygen atoms in total.